The third-order valence-electron chi connectivity index (χ3n) is 4.25. The fraction of sp³-hybridized carbons (Fsp3) is 0.200. The van der Waals surface area contributed by atoms with E-state index in [1.807, 2.05) is 50.2 Å². The molecule has 1 atom stereocenters. The van der Waals surface area contributed by atoms with Crippen molar-refractivity contribution in [2.75, 3.05) is 12.4 Å². The second kappa shape index (κ2) is 7.95. The number of anilines is 1. The number of aryl methyl sites for hydroxylation is 1. The Labute approximate surface area is 164 Å². The van der Waals surface area contributed by atoms with Crippen molar-refractivity contribution in [1.82, 2.24) is 9.97 Å². The van der Waals surface area contributed by atoms with Crippen molar-refractivity contribution >= 4 is 15.8 Å². The molecule has 0 aliphatic rings. The number of hydrogen-bond acceptors (Lipinski definition) is 6. The summed E-state index contributed by atoms with van der Waals surface area (Å²) in [5.74, 6) is 2.00. The van der Waals surface area contributed by atoms with E-state index in [0.29, 0.717) is 11.6 Å². The molecular formula is C20H22N4O3S. The van der Waals surface area contributed by atoms with Crippen LogP contribution in [0.25, 0.3) is 11.3 Å². The summed E-state index contributed by atoms with van der Waals surface area (Å²) in [5.41, 5.74) is 2.46. The average Bonchev–Trinajstić information content (AvgIpc) is 2.67. The Morgan fingerprint density at radius 1 is 1.07 bits per heavy atom. The topological polar surface area (TPSA) is 107 Å². The molecule has 0 saturated heterocycles. The lowest BCUT2D eigenvalue weighted by atomic mass is 10.1. The Kier molecular flexibility index (Phi) is 5.62. The monoisotopic (exact) mass is 398 g/mol. The smallest absolute Gasteiger partial charge is 0.238 e. The van der Waals surface area contributed by atoms with E-state index < -0.39 is 10.0 Å². The maximum absolute atomic E-state index is 11.6. The summed E-state index contributed by atoms with van der Waals surface area (Å²) in [7, 11) is -2.13. The van der Waals surface area contributed by atoms with Crippen LogP contribution in [0.1, 0.15) is 24.4 Å². The van der Waals surface area contributed by atoms with Crippen molar-refractivity contribution in [2.24, 2.45) is 5.14 Å². The van der Waals surface area contributed by atoms with E-state index in [1.54, 1.807) is 19.2 Å². The van der Waals surface area contributed by atoms with Gasteiger partial charge in [-0.25, -0.2) is 23.5 Å². The largest absolute Gasteiger partial charge is 0.497 e. The van der Waals surface area contributed by atoms with Gasteiger partial charge in [-0.1, -0.05) is 24.3 Å². The van der Waals surface area contributed by atoms with E-state index in [2.05, 4.69) is 15.3 Å². The van der Waals surface area contributed by atoms with Crippen LogP contribution in [0.15, 0.2) is 59.5 Å². The molecule has 0 radical (unpaired) electrons. The minimum absolute atomic E-state index is 0.0783. The quantitative estimate of drug-likeness (QED) is 0.660. The number of aromatic nitrogens is 2. The van der Waals surface area contributed by atoms with Gasteiger partial charge >= 0.3 is 0 Å². The lowest BCUT2D eigenvalue weighted by molar-refractivity contribution is 0.415. The molecule has 0 saturated carbocycles. The van der Waals surface area contributed by atoms with Gasteiger partial charge in [-0.05, 0) is 43.7 Å². The first kappa shape index (κ1) is 19.8. The molecule has 3 N–H and O–H groups in total. The second-order valence-corrected chi connectivity index (χ2v) is 7.96. The van der Waals surface area contributed by atoms with Crippen molar-refractivity contribution in [3.8, 4) is 17.0 Å². The molecule has 3 aromatic rings. The van der Waals surface area contributed by atoms with E-state index in [0.717, 1.165) is 22.6 Å². The van der Waals surface area contributed by atoms with Crippen LogP contribution in [0.3, 0.4) is 0 Å². The van der Waals surface area contributed by atoms with Gasteiger partial charge < -0.3 is 10.1 Å². The van der Waals surface area contributed by atoms with Crippen LogP contribution in [-0.4, -0.2) is 25.5 Å². The van der Waals surface area contributed by atoms with Crippen molar-refractivity contribution in [3.05, 3.63) is 66.0 Å². The van der Waals surface area contributed by atoms with Crippen LogP contribution in [-0.2, 0) is 10.0 Å². The lowest BCUT2D eigenvalue weighted by Gasteiger charge is -2.17. The van der Waals surface area contributed by atoms with Gasteiger partial charge in [0, 0.05) is 17.7 Å². The molecule has 3 rings (SSSR count). The first-order valence-electron chi connectivity index (χ1n) is 8.65. The Morgan fingerprint density at radius 2 is 1.82 bits per heavy atom. The molecule has 0 spiro atoms. The van der Waals surface area contributed by atoms with E-state index >= 15 is 0 Å². The van der Waals surface area contributed by atoms with Crippen molar-refractivity contribution in [2.45, 2.75) is 24.8 Å². The maximum Gasteiger partial charge on any atom is 0.238 e. The summed E-state index contributed by atoms with van der Waals surface area (Å²) in [5, 5.41) is 8.53. The van der Waals surface area contributed by atoms with Crippen molar-refractivity contribution in [1.29, 1.82) is 0 Å². The van der Waals surface area contributed by atoms with Crippen molar-refractivity contribution in [3.63, 3.8) is 0 Å². The highest BCUT2D eigenvalue weighted by molar-refractivity contribution is 7.89. The zero-order valence-corrected chi connectivity index (χ0v) is 16.7. The summed E-state index contributed by atoms with van der Waals surface area (Å²) in [6.07, 6.45) is 0. The Bertz CT molecular complexity index is 1100. The average molecular weight is 398 g/mol. The molecular weight excluding hydrogens is 376 g/mol. The van der Waals surface area contributed by atoms with Gasteiger partial charge in [-0.15, -0.1) is 0 Å². The fourth-order valence-corrected chi connectivity index (χ4v) is 3.41. The lowest BCUT2D eigenvalue weighted by Crippen LogP contribution is -2.14. The molecule has 1 heterocycles. The highest BCUT2D eigenvalue weighted by Gasteiger charge is 2.13. The van der Waals surface area contributed by atoms with Gasteiger partial charge in [-0.3, -0.25) is 0 Å². The highest BCUT2D eigenvalue weighted by atomic mass is 32.2. The molecule has 28 heavy (non-hydrogen) atoms. The van der Waals surface area contributed by atoms with Gasteiger partial charge in [0.25, 0.3) is 0 Å². The SMILES string of the molecule is COc1cccc(-c2cc(NC(C)c3cccc(S(N)(=O)=O)c3)nc(C)n2)c1. The Hall–Kier alpha value is -2.97. The summed E-state index contributed by atoms with van der Waals surface area (Å²) in [6.45, 7) is 3.74. The first-order chi connectivity index (χ1) is 13.3. The number of nitrogens with one attached hydrogen (secondary N) is 1. The molecule has 0 amide bonds. The van der Waals surface area contributed by atoms with Gasteiger partial charge in [0.1, 0.15) is 17.4 Å². The molecule has 0 aliphatic heterocycles. The molecule has 0 bridgehead atoms. The van der Waals surface area contributed by atoms with Crippen LogP contribution in [0.4, 0.5) is 5.82 Å². The summed E-state index contributed by atoms with van der Waals surface area (Å²) < 4.78 is 28.5. The van der Waals surface area contributed by atoms with Crippen LogP contribution in [0.2, 0.25) is 0 Å². The molecule has 8 heteroatoms. The Morgan fingerprint density at radius 3 is 2.54 bits per heavy atom. The summed E-state index contributed by atoms with van der Waals surface area (Å²) in [6, 6.07) is 15.8. The number of rotatable bonds is 6. The standard InChI is InChI=1S/C20H22N4O3S/c1-13(15-6-5-9-18(11-15)28(21,25)26)22-20-12-19(23-14(2)24-20)16-7-4-8-17(10-16)27-3/h4-13H,1-3H3,(H2,21,25,26)(H,22,23,24). The minimum atomic E-state index is -3.75. The third kappa shape index (κ3) is 4.65. The zero-order chi connectivity index (χ0) is 20.3. The number of primary sulfonamides is 1. The number of methoxy groups -OCH3 is 1. The molecule has 146 valence electrons. The number of sulfonamides is 1. The number of benzene rings is 2. The number of ether oxygens (including phenoxy) is 1. The summed E-state index contributed by atoms with van der Waals surface area (Å²) in [4.78, 5) is 9.02. The van der Waals surface area contributed by atoms with Crippen LogP contribution in [0.5, 0.6) is 5.75 Å². The predicted octanol–water partition coefficient (Wildman–Crippen LogP) is 3.28. The van der Waals surface area contributed by atoms with E-state index in [-0.39, 0.29) is 10.9 Å². The zero-order valence-electron chi connectivity index (χ0n) is 15.9. The van der Waals surface area contributed by atoms with Crippen LogP contribution < -0.4 is 15.2 Å². The molecule has 0 fully saturated rings. The highest BCUT2D eigenvalue weighted by Crippen LogP contribution is 2.26. The molecule has 7 nitrogen and oxygen atoms in total. The van der Waals surface area contributed by atoms with Gasteiger partial charge in [0.2, 0.25) is 10.0 Å². The van der Waals surface area contributed by atoms with Crippen molar-refractivity contribution < 1.29 is 13.2 Å². The predicted molar refractivity (Wildman–Crippen MR) is 109 cm³/mol. The van der Waals surface area contributed by atoms with E-state index in [4.69, 9.17) is 9.88 Å². The number of hydrogen-bond donors (Lipinski definition) is 2. The van der Waals surface area contributed by atoms with Gasteiger partial charge in [-0.2, -0.15) is 0 Å². The maximum atomic E-state index is 11.6. The second-order valence-electron chi connectivity index (χ2n) is 6.40. The van der Waals surface area contributed by atoms with Crippen LogP contribution >= 0.6 is 0 Å². The fourth-order valence-electron chi connectivity index (χ4n) is 2.84. The van der Waals surface area contributed by atoms with E-state index in [1.165, 1.54) is 6.07 Å². The minimum Gasteiger partial charge on any atom is -0.497 e. The summed E-state index contributed by atoms with van der Waals surface area (Å²) >= 11 is 0. The van der Waals surface area contributed by atoms with Crippen LogP contribution in [0, 0.1) is 6.92 Å². The van der Waals surface area contributed by atoms with Gasteiger partial charge in [0.15, 0.2) is 0 Å². The third-order valence-corrected chi connectivity index (χ3v) is 5.17. The van der Waals surface area contributed by atoms with Gasteiger partial charge in [0.05, 0.1) is 17.7 Å². The number of nitrogens with two attached hydrogens (primary N) is 1. The molecule has 1 unspecified atom stereocenters. The normalized spacial score (nSPS) is 12.4. The first-order valence-corrected chi connectivity index (χ1v) is 10.2. The molecule has 2 aromatic carbocycles. The van der Waals surface area contributed by atoms with E-state index in [9.17, 15) is 8.42 Å². The molecule has 0 aliphatic carbocycles. The molecule has 1 aromatic heterocycles. The Balaban J connectivity index is 1.89. The number of nitrogens with zero attached hydrogens (tertiary/aromatic N) is 2.